The van der Waals surface area contributed by atoms with Gasteiger partial charge >= 0.3 is 65.1 Å². The molecule has 3 aromatic rings. The number of carbonyl (C=O) groups is 2. The number of carboxylic acids is 1. The van der Waals surface area contributed by atoms with Crippen molar-refractivity contribution < 1.29 is 87.7 Å². The van der Waals surface area contributed by atoms with E-state index in [-0.39, 0.29) is 81.4 Å². The fraction of sp³-hybridized carbons (Fsp3) is 0.174. The zero-order chi connectivity index (χ0) is 24.3. The van der Waals surface area contributed by atoms with Gasteiger partial charge in [-0.3, -0.25) is 4.79 Å². The van der Waals surface area contributed by atoms with Crippen LogP contribution in [0.25, 0.3) is 11.1 Å². The Balaban J connectivity index is 0.00000306. The molecular formula is C23H19F2N3Na2O5. The van der Waals surface area contributed by atoms with E-state index in [1.807, 2.05) is 0 Å². The van der Waals surface area contributed by atoms with Gasteiger partial charge in [-0.05, 0) is 41.8 Å². The number of pyridine rings is 1. The normalized spacial score (nSPS) is 11.0. The van der Waals surface area contributed by atoms with Gasteiger partial charge in [0, 0.05) is 25.6 Å². The Hall–Kier alpha value is -2.21. The zero-order valence-corrected chi connectivity index (χ0v) is 23.6. The van der Waals surface area contributed by atoms with Gasteiger partial charge < -0.3 is 30.2 Å². The first kappa shape index (κ1) is 30.8. The van der Waals surface area contributed by atoms with Crippen LogP contribution in [-0.4, -0.2) is 16.6 Å². The van der Waals surface area contributed by atoms with E-state index in [0.29, 0.717) is 0 Å². The number of amides is 2. The molecule has 2 N–H and O–H groups in total. The van der Waals surface area contributed by atoms with Crippen molar-refractivity contribution in [1.29, 1.82) is 0 Å². The molecule has 1 atom stereocenters. The number of aryl methyl sites for hydroxylation is 2. The topological polar surface area (TPSA) is 126 Å². The number of aromatic nitrogens is 1. The van der Waals surface area contributed by atoms with Crippen LogP contribution in [0.4, 0.5) is 19.3 Å². The number of urea groups is 1. The third-order valence-corrected chi connectivity index (χ3v) is 4.96. The zero-order valence-electron chi connectivity index (χ0n) is 19.6. The van der Waals surface area contributed by atoms with Gasteiger partial charge in [0.25, 0.3) is 5.56 Å². The van der Waals surface area contributed by atoms with Gasteiger partial charge in [-0.25, -0.2) is 13.6 Å². The van der Waals surface area contributed by atoms with Crippen molar-refractivity contribution >= 4 is 17.7 Å². The molecule has 0 bridgehead atoms. The van der Waals surface area contributed by atoms with E-state index < -0.39 is 53.1 Å². The second-order valence-electron chi connectivity index (χ2n) is 7.38. The molecule has 0 fully saturated rings. The van der Waals surface area contributed by atoms with Crippen LogP contribution in [0, 0.1) is 18.6 Å². The maximum atomic E-state index is 14.2. The number of carboxylic acid groups (broad SMARTS) is 1. The van der Waals surface area contributed by atoms with Crippen LogP contribution in [-0.2, 0) is 11.8 Å². The minimum absolute atomic E-state index is 0. The number of carbonyl (C=O) groups excluding carboxylic acids is 2. The molecule has 0 saturated carbocycles. The number of hydrogen-bond donors (Lipinski definition) is 2. The van der Waals surface area contributed by atoms with Crippen molar-refractivity contribution in [3.8, 4) is 16.9 Å². The molecule has 12 heteroatoms. The van der Waals surface area contributed by atoms with E-state index in [9.17, 15) is 33.4 Å². The van der Waals surface area contributed by atoms with Gasteiger partial charge in [0.2, 0.25) is 0 Å². The Bertz CT molecular complexity index is 1280. The summed E-state index contributed by atoms with van der Waals surface area (Å²) >= 11 is 0. The van der Waals surface area contributed by atoms with E-state index >= 15 is 0 Å². The Morgan fingerprint density at radius 1 is 1.09 bits per heavy atom. The third-order valence-electron chi connectivity index (χ3n) is 4.96. The molecule has 0 saturated heterocycles. The summed E-state index contributed by atoms with van der Waals surface area (Å²) in [6.07, 6.45) is 0.646. The SMILES string of the molecule is Cc1cn(C)c(=O)c(NC(=O)N[C@@H](CC(=O)[O-])c2cccc(-c3c(F)cccc3F)c2)c1[O-].[Na+].[Na+]. The van der Waals surface area contributed by atoms with E-state index in [2.05, 4.69) is 10.6 Å². The van der Waals surface area contributed by atoms with Crippen molar-refractivity contribution in [3.63, 3.8) is 0 Å². The molecule has 35 heavy (non-hydrogen) atoms. The second kappa shape index (κ2) is 13.2. The Kier molecular flexibility index (Phi) is 11.6. The number of nitrogens with zero attached hydrogens (tertiary/aromatic N) is 1. The third kappa shape index (κ3) is 7.39. The molecule has 8 nitrogen and oxygen atoms in total. The molecule has 0 unspecified atom stereocenters. The summed E-state index contributed by atoms with van der Waals surface area (Å²) in [5, 5.41) is 28.1. The predicted molar refractivity (Wildman–Crippen MR) is 112 cm³/mol. The van der Waals surface area contributed by atoms with E-state index in [4.69, 9.17) is 0 Å². The molecule has 2 aromatic carbocycles. The first-order valence-electron chi connectivity index (χ1n) is 9.77. The van der Waals surface area contributed by atoms with Gasteiger partial charge in [0.15, 0.2) is 0 Å². The molecule has 0 aliphatic carbocycles. The van der Waals surface area contributed by atoms with Gasteiger partial charge in [-0.15, -0.1) is 0 Å². The average molecular weight is 501 g/mol. The number of anilines is 1. The summed E-state index contributed by atoms with van der Waals surface area (Å²) in [7, 11) is 1.41. The van der Waals surface area contributed by atoms with E-state index in [1.54, 1.807) is 0 Å². The number of rotatable bonds is 6. The standard InChI is InChI=1S/C23H21F2N3O5.2Na/c1-12-11-28(2)22(32)20(21(12)31)27-23(33)26-17(10-18(29)30)13-5-3-6-14(9-13)19-15(24)7-4-8-16(19)25;;/h3-9,11,17,31H,10H2,1-2H3,(H,29,30)(H2,26,27,33);;/q;2*+1/p-2/t17-;;/m0../s1. The molecule has 0 aliphatic rings. The molecule has 0 aliphatic heterocycles. The van der Waals surface area contributed by atoms with Crippen molar-refractivity contribution in [2.45, 2.75) is 19.4 Å². The summed E-state index contributed by atoms with van der Waals surface area (Å²) in [5.74, 6) is -3.80. The summed E-state index contributed by atoms with van der Waals surface area (Å²) in [4.78, 5) is 36.0. The maximum absolute atomic E-state index is 14.2. The molecule has 0 spiro atoms. The smallest absolute Gasteiger partial charge is 0.871 e. The summed E-state index contributed by atoms with van der Waals surface area (Å²) in [6, 6.07) is 6.85. The molecule has 1 heterocycles. The summed E-state index contributed by atoms with van der Waals surface area (Å²) < 4.78 is 29.5. The van der Waals surface area contributed by atoms with Gasteiger partial charge in [-0.2, -0.15) is 0 Å². The van der Waals surface area contributed by atoms with Crippen molar-refractivity contribution in [1.82, 2.24) is 9.88 Å². The maximum Gasteiger partial charge on any atom is 1.00 e. The fourth-order valence-corrected chi connectivity index (χ4v) is 3.40. The first-order valence-corrected chi connectivity index (χ1v) is 9.77. The minimum atomic E-state index is -1.50. The van der Waals surface area contributed by atoms with Crippen molar-refractivity contribution in [3.05, 3.63) is 81.8 Å². The number of nitrogens with one attached hydrogen (secondary N) is 2. The minimum Gasteiger partial charge on any atom is -0.871 e. The molecule has 0 radical (unpaired) electrons. The van der Waals surface area contributed by atoms with Crippen LogP contribution in [0.2, 0.25) is 0 Å². The molecule has 2 amide bonds. The quantitative estimate of drug-likeness (QED) is 0.331. The molecule has 1 aromatic heterocycles. The first-order chi connectivity index (χ1) is 15.6. The van der Waals surface area contributed by atoms with Crippen LogP contribution in [0.15, 0.2) is 53.5 Å². The molecule has 3 rings (SSSR count). The van der Waals surface area contributed by atoms with E-state index in [1.165, 1.54) is 50.5 Å². The summed E-state index contributed by atoms with van der Waals surface area (Å²) in [6.45, 7) is 1.47. The molecule has 172 valence electrons. The van der Waals surface area contributed by atoms with Crippen LogP contribution in [0.1, 0.15) is 23.6 Å². The molecular weight excluding hydrogens is 482 g/mol. The largest absolute Gasteiger partial charge is 1.00 e. The summed E-state index contributed by atoms with van der Waals surface area (Å²) in [5.41, 5.74) is -0.982. The number of aliphatic carboxylic acids is 1. The Morgan fingerprint density at radius 3 is 2.29 bits per heavy atom. The Labute approximate surface area is 243 Å². The van der Waals surface area contributed by atoms with Crippen LogP contribution in [0.3, 0.4) is 0 Å². The van der Waals surface area contributed by atoms with Gasteiger partial charge in [0.1, 0.15) is 17.3 Å². The number of benzene rings is 2. The van der Waals surface area contributed by atoms with E-state index in [0.717, 1.165) is 16.7 Å². The second-order valence-corrected chi connectivity index (χ2v) is 7.38. The van der Waals surface area contributed by atoms with Crippen molar-refractivity contribution in [2.24, 2.45) is 7.05 Å². The fourth-order valence-electron chi connectivity index (χ4n) is 3.40. The van der Waals surface area contributed by atoms with Gasteiger partial charge in [-0.1, -0.05) is 30.0 Å². The monoisotopic (exact) mass is 501 g/mol. The van der Waals surface area contributed by atoms with Crippen LogP contribution in [0.5, 0.6) is 5.75 Å². The van der Waals surface area contributed by atoms with Crippen LogP contribution >= 0.6 is 0 Å². The van der Waals surface area contributed by atoms with Crippen molar-refractivity contribution in [2.75, 3.05) is 5.32 Å². The number of halogens is 2. The van der Waals surface area contributed by atoms with Gasteiger partial charge in [0.05, 0.1) is 11.6 Å². The average Bonchev–Trinajstić information content (AvgIpc) is 2.75. The predicted octanol–water partition coefficient (Wildman–Crippen LogP) is -4.28. The van der Waals surface area contributed by atoms with Crippen LogP contribution < -0.4 is 85.5 Å². The Morgan fingerprint density at radius 2 is 1.69 bits per heavy atom. The number of hydrogen-bond acceptors (Lipinski definition) is 5.